The molecule has 202 valence electrons. The molecule has 0 saturated carbocycles. The van der Waals surface area contributed by atoms with Gasteiger partial charge in [-0.2, -0.15) is 0 Å². The number of nitrogens with zero attached hydrogens (tertiary/aromatic N) is 3. The van der Waals surface area contributed by atoms with Crippen molar-refractivity contribution < 1.29 is 38.3 Å². The van der Waals surface area contributed by atoms with Crippen molar-refractivity contribution in [2.24, 2.45) is 5.41 Å². The van der Waals surface area contributed by atoms with Gasteiger partial charge in [0.25, 0.3) is 0 Å². The number of aliphatic hydroxyl groups excluding tert-OH is 1. The van der Waals surface area contributed by atoms with Gasteiger partial charge in [0, 0.05) is 13.2 Å². The van der Waals surface area contributed by atoms with Crippen LogP contribution in [0.15, 0.2) is 10.6 Å². The molecule has 3 N–H and O–H groups in total. The number of anilines is 2. The first-order valence-corrected chi connectivity index (χ1v) is 12.8. The van der Waals surface area contributed by atoms with E-state index >= 15 is 0 Å². The van der Waals surface area contributed by atoms with E-state index < -0.39 is 41.5 Å². The second-order valence-electron chi connectivity index (χ2n) is 10.2. The third kappa shape index (κ3) is 3.41. The number of aliphatic hydroxyl groups is 1. The zero-order chi connectivity index (χ0) is 26.9. The summed E-state index contributed by atoms with van der Waals surface area (Å²) in [7, 11) is 0. The number of rotatable bonds is 4. The number of ether oxygens (including phenoxy) is 2. The summed E-state index contributed by atoms with van der Waals surface area (Å²) in [6, 6.07) is -0.281. The van der Waals surface area contributed by atoms with Gasteiger partial charge in [-0.1, -0.05) is 16.8 Å². The maximum Gasteiger partial charge on any atom is 0.416 e. The van der Waals surface area contributed by atoms with E-state index in [4.69, 9.17) is 25.6 Å². The van der Waals surface area contributed by atoms with Crippen molar-refractivity contribution in [3.63, 3.8) is 0 Å². The van der Waals surface area contributed by atoms with Crippen LogP contribution in [0.1, 0.15) is 32.3 Å². The van der Waals surface area contributed by atoms with Crippen molar-refractivity contribution in [1.29, 1.82) is 0 Å². The van der Waals surface area contributed by atoms with Crippen molar-refractivity contribution in [1.82, 2.24) is 15.8 Å². The number of nitrogens with one attached hydrogen (secondary N) is 2. The highest BCUT2D eigenvalue weighted by Crippen LogP contribution is 2.52. The summed E-state index contributed by atoms with van der Waals surface area (Å²) in [5.41, 5.74) is -0.290. The van der Waals surface area contributed by atoms with Crippen LogP contribution in [0.5, 0.6) is 0 Å². The molecule has 6 rings (SSSR count). The van der Waals surface area contributed by atoms with E-state index in [0.29, 0.717) is 36.0 Å². The Kier molecular flexibility index (Phi) is 5.78. The van der Waals surface area contributed by atoms with Crippen LogP contribution >= 0.6 is 11.6 Å². The van der Waals surface area contributed by atoms with Gasteiger partial charge in [-0.15, -0.1) is 0 Å². The summed E-state index contributed by atoms with van der Waals surface area (Å²) in [6.45, 7) is 4.08. The van der Waals surface area contributed by atoms with Gasteiger partial charge in [0.15, 0.2) is 16.8 Å². The predicted molar refractivity (Wildman–Crippen MR) is 132 cm³/mol. The first-order valence-electron chi connectivity index (χ1n) is 12.4. The Morgan fingerprint density at radius 2 is 1.95 bits per heavy atom. The third-order valence-electron chi connectivity index (χ3n) is 7.83. The van der Waals surface area contributed by atoms with E-state index in [9.17, 15) is 24.3 Å². The number of amides is 5. The molecule has 5 heterocycles. The van der Waals surface area contributed by atoms with Crippen LogP contribution in [0, 0.1) is 5.41 Å². The summed E-state index contributed by atoms with van der Waals surface area (Å²) in [5.74, 6) is -1.24. The highest BCUT2D eigenvalue weighted by molar-refractivity contribution is 6.38. The minimum Gasteiger partial charge on any atom is -0.447 e. The van der Waals surface area contributed by atoms with Gasteiger partial charge in [-0.25, -0.2) is 9.59 Å². The van der Waals surface area contributed by atoms with Gasteiger partial charge in [-0.3, -0.25) is 25.1 Å². The molecule has 14 heteroatoms. The second kappa shape index (κ2) is 8.82. The third-order valence-corrected chi connectivity index (χ3v) is 8.18. The number of aromatic nitrogens is 1. The topological polar surface area (TPSA) is 164 Å². The lowest BCUT2D eigenvalue weighted by Crippen LogP contribution is -2.75. The molecule has 13 nitrogen and oxygen atoms in total. The highest BCUT2D eigenvalue weighted by Gasteiger charge is 2.63. The van der Waals surface area contributed by atoms with Crippen molar-refractivity contribution >= 4 is 58.0 Å². The molecule has 1 aromatic carbocycles. The lowest BCUT2D eigenvalue weighted by atomic mass is 9.66. The molecule has 3 saturated heterocycles. The molecule has 0 aliphatic carbocycles. The van der Waals surface area contributed by atoms with E-state index in [-0.39, 0.29) is 48.2 Å². The number of urea groups is 1. The summed E-state index contributed by atoms with van der Waals surface area (Å²) < 4.78 is 16.9. The number of morpholine rings is 1. The number of hydrogen-bond acceptors (Lipinski definition) is 10. The fourth-order valence-corrected chi connectivity index (χ4v) is 6.74. The SMILES string of the molecule is C[C@@H]1CN2c3c(cc4c(N5C(=O)OC[C@@H]5CCCO)noc4c3Cl)CC3(C(=O)NC(=O)NC3=O)C2[C@H](C)O1. The Hall–Kier alpha value is -3.42. The van der Waals surface area contributed by atoms with Crippen LogP contribution in [-0.2, 0) is 25.5 Å². The molecule has 3 fully saturated rings. The average Bonchev–Trinajstić information content (AvgIpc) is 3.43. The molecule has 1 unspecified atom stereocenters. The highest BCUT2D eigenvalue weighted by atomic mass is 35.5. The van der Waals surface area contributed by atoms with Crippen LogP contribution in [0.2, 0.25) is 5.02 Å². The number of hydrogen-bond donors (Lipinski definition) is 3. The number of fused-ring (bicyclic) bond motifs is 5. The zero-order valence-electron chi connectivity index (χ0n) is 20.7. The fourth-order valence-electron chi connectivity index (χ4n) is 6.37. The zero-order valence-corrected chi connectivity index (χ0v) is 21.4. The minimum absolute atomic E-state index is 0.0380. The number of carbonyl (C=O) groups is 4. The van der Waals surface area contributed by atoms with E-state index in [0.717, 1.165) is 0 Å². The molecule has 1 spiro atoms. The summed E-state index contributed by atoms with van der Waals surface area (Å²) in [6.07, 6.45) is -0.532. The molecule has 2 aromatic rings. The van der Waals surface area contributed by atoms with Crippen LogP contribution in [0.4, 0.5) is 21.1 Å². The van der Waals surface area contributed by atoms with Gasteiger partial charge < -0.3 is 24.0 Å². The fraction of sp³-hybridized carbons (Fsp3) is 0.542. The van der Waals surface area contributed by atoms with Crippen molar-refractivity contribution in [2.45, 2.75) is 57.4 Å². The Morgan fingerprint density at radius 1 is 1.21 bits per heavy atom. The molecule has 5 amide bonds. The van der Waals surface area contributed by atoms with Crippen LogP contribution < -0.4 is 20.4 Å². The first kappa shape index (κ1) is 24.9. The molecule has 38 heavy (non-hydrogen) atoms. The van der Waals surface area contributed by atoms with Crippen LogP contribution in [-0.4, -0.2) is 78.3 Å². The summed E-state index contributed by atoms with van der Waals surface area (Å²) >= 11 is 6.94. The number of barbiturate groups is 1. The molecule has 4 aliphatic rings. The Morgan fingerprint density at radius 3 is 2.66 bits per heavy atom. The predicted octanol–water partition coefficient (Wildman–Crippen LogP) is 1.47. The number of benzene rings is 1. The van der Waals surface area contributed by atoms with Gasteiger partial charge in [0.05, 0.1) is 35.4 Å². The number of imide groups is 2. The lowest BCUT2D eigenvalue weighted by Gasteiger charge is -2.55. The number of carbonyl (C=O) groups excluding carboxylic acids is 4. The van der Waals surface area contributed by atoms with Gasteiger partial charge in [0.2, 0.25) is 11.8 Å². The maximum atomic E-state index is 13.4. The summed E-state index contributed by atoms with van der Waals surface area (Å²) in [4.78, 5) is 54.7. The van der Waals surface area contributed by atoms with Crippen LogP contribution in [0.3, 0.4) is 0 Å². The molecular weight excluding hydrogens is 522 g/mol. The molecule has 0 bridgehead atoms. The average molecular weight is 548 g/mol. The maximum absolute atomic E-state index is 13.4. The normalized spacial score (nSPS) is 28.3. The van der Waals surface area contributed by atoms with E-state index in [1.54, 1.807) is 13.0 Å². The molecule has 4 aliphatic heterocycles. The lowest BCUT2D eigenvalue weighted by molar-refractivity contribution is -0.153. The first-order chi connectivity index (χ1) is 18.2. The van der Waals surface area contributed by atoms with Crippen molar-refractivity contribution in [3.8, 4) is 0 Å². The van der Waals surface area contributed by atoms with Gasteiger partial charge >= 0.3 is 12.1 Å². The summed E-state index contributed by atoms with van der Waals surface area (Å²) in [5, 5.41) is 18.6. The van der Waals surface area contributed by atoms with Crippen molar-refractivity contribution in [2.75, 3.05) is 29.6 Å². The number of halogens is 1. The quantitative estimate of drug-likeness (QED) is 0.477. The largest absolute Gasteiger partial charge is 0.447 e. The molecule has 4 atom stereocenters. The monoisotopic (exact) mass is 547 g/mol. The Bertz CT molecular complexity index is 1360. The molecule has 0 radical (unpaired) electrons. The smallest absolute Gasteiger partial charge is 0.416 e. The Balaban J connectivity index is 1.53. The number of cyclic esters (lactones) is 1. The Labute approximate surface area is 221 Å². The van der Waals surface area contributed by atoms with E-state index in [1.165, 1.54) is 4.90 Å². The van der Waals surface area contributed by atoms with E-state index in [2.05, 4.69) is 15.8 Å². The van der Waals surface area contributed by atoms with Gasteiger partial charge in [0.1, 0.15) is 11.6 Å². The van der Waals surface area contributed by atoms with Crippen LogP contribution in [0.25, 0.3) is 11.0 Å². The molecular formula is C24H26ClN5O8. The van der Waals surface area contributed by atoms with Crippen molar-refractivity contribution in [3.05, 3.63) is 16.7 Å². The van der Waals surface area contributed by atoms with Gasteiger partial charge in [-0.05, 0) is 44.7 Å². The second-order valence-corrected chi connectivity index (χ2v) is 10.6. The minimum atomic E-state index is -1.68. The standard InChI is InChI=1S/C24H26ClN5O8/c1-10-8-29-16-12(7-24(18(29)11(2)37-10)20(32)26-22(34)27-21(24)33)6-14-17(15(16)25)38-28-19(14)30-13(4-3-5-31)9-36-23(30)35/h6,10-11,13,18,31H,3-5,7-9H2,1-2H3,(H2,26,27,32,33,34)/t10-,11+,13+,18?/m1/s1. The van der Waals surface area contributed by atoms with E-state index in [1.807, 2.05) is 11.8 Å². The molecule has 1 aromatic heterocycles.